The predicted octanol–water partition coefficient (Wildman–Crippen LogP) is 2.47. The van der Waals surface area contributed by atoms with Crippen molar-refractivity contribution in [1.29, 1.82) is 0 Å². The van der Waals surface area contributed by atoms with Crippen LogP contribution >= 0.6 is 0 Å². The van der Waals surface area contributed by atoms with Gasteiger partial charge in [0.1, 0.15) is 11.5 Å². The summed E-state index contributed by atoms with van der Waals surface area (Å²) < 4.78 is 4.96. The zero-order valence-corrected chi connectivity index (χ0v) is 12.7. The predicted molar refractivity (Wildman–Crippen MR) is 81.4 cm³/mol. The zero-order chi connectivity index (χ0) is 15.7. The highest BCUT2D eigenvalue weighted by molar-refractivity contribution is 5.97. The molecule has 6 nitrogen and oxygen atoms in total. The van der Waals surface area contributed by atoms with E-state index in [1.54, 1.807) is 18.2 Å². The molecule has 0 fully saturated rings. The SMILES string of the molecule is Cc1cc(CNC(=O)c2ccc3nc(C)c(C)nc3c2)no1. The highest BCUT2D eigenvalue weighted by atomic mass is 16.5. The van der Waals surface area contributed by atoms with Crippen LogP contribution in [0.5, 0.6) is 0 Å². The molecule has 0 aliphatic carbocycles. The maximum atomic E-state index is 12.2. The summed E-state index contributed by atoms with van der Waals surface area (Å²) in [6, 6.07) is 7.09. The van der Waals surface area contributed by atoms with Crippen LogP contribution < -0.4 is 5.32 Å². The van der Waals surface area contributed by atoms with E-state index < -0.39 is 0 Å². The summed E-state index contributed by atoms with van der Waals surface area (Å²) in [5.41, 5.74) is 4.50. The van der Waals surface area contributed by atoms with E-state index in [1.165, 1.54) is 0 Å². The van der Waals surface area contributed by atoms with Gasteiger partial charge in [-0.05, 0) is 39.0 Å². The number of aromatic nitrogens is 3. The maximum absolute atomic E-state index is 12.2. The summed E-state index contributed by atoms with van der Waals surface area (Å²) >= 11 is 0. The van der Waals surface area contributed by atoms with Crippen LogP contribution in [0.2, 0.25) is 0 Å². The first-order valence-electron chi connectivity index (χ1n) is 6.98. The Hall–Kier alpha value is -2.76. The second-order valence-electron chi connectivity index (χ2n) is 5.21. The molecular formula is C16H16N4O2. The molecule has 0 aliphatic rings. The van der Waals surface area contributed by atoms with Crippen LogP contribution in [0.3, 0.4) is 0 Å². The van der Waals surface area contributed by atoms with Crippen molar-refractivity contribution in [2.24, 2.45) is 0 Å². The number of fused-ring (bicyclic) bond motifs is 1. The lowest BCUT2D eigenvalue weighted by atomic mass is 10.1. The van der Waals surface area contributed by atoms with Crippen LogP contribution in [0.25, 0.3) is 11.0 Å². The van der Waals surface area contributed by atoms with Gasteiger partial charge >= 0.3 is 0 Å². The third-order valence-corrected chi connectivity index (χ3v) is 3.44. The Morgan fingerprint density at radius 3 is 2.50 bits per heavy atom. The number of aryl methyl sites for hydroxylation is 3. The molecule has 2 heterocycles. The Balaban J connectivity index is 1.80. The summed E-state index contributed by atoms with van der Waals surface area (Å²) in [7, 11) is 0. The summed E-state index contributed by atoms with van der Waals surface area (Å²) in [6.07, 6.45) is 0. The molecule has 6 heteroatoms. The van der Waals surface area contributed by atoms with E-state index in [-0.39, 0.29) is 5.91 Å². The topological polar surface area (TPSA) is 80.9 Å². The van der Waals surface area contributed by atoms with E-state index in [0.717, 1.165) is 22.7 Å². The van der Waals surface area contributed by atoms with Crippen molar-refractivity contribution < 1.29 is 9.32 Å². The van der Waals surface area contributed by atoms with E-state index in [9.17, 15) is 4.79 Å². The van der Waals surface area contributed by atoms with Crippen molar-refractivity contribution in [2.45, 2.75) is 27.3 Å². The smallest absolute Gasteiger partial charge is 0.251 e. The van der Waals surface area contributed by atoms with Gasteiger partial charge in [0.25, 0.3) is 5.91 Å². The number of nitrogens with one attached hydrogen (secondary N) is 1. The highest BCUT2D eigenvalue weighted by Gasteiger charge is 2.09. The molecule has 22 heavy (non-hydrogen) atoms. The van der Waals surface area contributed by atoms with Crippen molar-refractivity contribution in [1.82, 2.24) is 20.4 Å². The molecular weight excluding hydrogens is 280 g/mol. The molecule has 0 bridgehead atoms. The summed E-state index contributed by atoms with van der Waals surface area (Å²) in [5, 5.41) is 6.65. The summed E-state index contributed by atoms with van der Waals surface area (Å²) in [5.74, 6) is 0.540. The molecule has 1 amide bonds. The Labute approximate surface area is 127 Å². The minimum absolute atomic E-state index is 0.178. The largest absolute Gasteiger partial charge is 0.361 e. The average molecular weight is 296 g/mol. The minimum atomic E-state index is -0.178. The first-order chi connectivity index (χ1) is 10.5. The van der Waals surface area contributed by atoms with Gasteiger partial charge < -0.3 is 9.84 Å². The molecule has 2 aromatic heterocycles. The third-order valence-electron chi connectivity index (χ3n) is 3.44. The highest BCUT2D eigenvalue weighted by Crippen LogP contribution is 2.14. The van der Waals surface area contributed by atoms with Crippen LogP contribution in [-0.2, 0) is 6.54 Å². The van der Waals surface area contributed by atoms with Crippen LogP contribution in [0, 0.1) is 20.8 Å². The van der Waals surface area contributed by atoms with Gasteiger partial charge in [0, 0.05) is 11.6 Å². The Morgan fingerprint density at radius 2 is 1.82 bits per heavy atom. The quantitative estimate of drug-likeness (QED) is 0.803. The van der Waals surface area contributed by atoms with Gasteiger partial charge in [-0.25, -0.2) is 9.97 Å². The number of amides is 1. The Kier molecular flexibility index (Phi) is 3.58. The molecule has 1 N–H and O–H groups in total. The lowest BCUT2D eigenvalue weighted by Crippen LogP contribution is -2.22. The van der Waals surface area contributed by atoms with E-state index in [4.69, 9.17) is 4.52 Å². The molecule has 0 saturated carbocycles. The van der Waals surface area contributed by atoms with Gasteiger partial charge in [0.2, 0.25) is 0 Å². The first-order valence-corrected chi connectivity index (χ1v) is 6.98. The standard InChI is InChI=1S/C16H16N4O2/c1-9-6-13(20-22-9)8-17-16(21)12-4-5-14-15(7-12)19-11(3)10(2)18-14/h4-7H,8H2,1-3H3,(H,17,21). The normalized spacial score (nSPS) is 10.9. The molecule has 3 rings (SSSR count). The molecule has 3 aromatic rings. The van der Waals surface area contributed by atoms with E-state index >= 15 is 0 Å². The van der Waals surface area contributed by atoms with Crippen molar-refractivity contribution in [3.05, 3.63) is 52.7 Å². The Bertz CT molecular complexity index is 854. The number of hydrogen-bond donors (Lipinski definition) is 1. The monoisotopic (exact) mass is 296 g/mol. The molecule has 0 unspecified atom stereocenters. The van der Waals surface area contributed by atoms with Gasteiger partial charge in [0.15, 0.2) is 0 Å². The van der Waals surface area contributed by atoms with Crippen molar-refractivity contribution >= 4 is 16.9 Å². The second-order valence-corrected chi connectivity index (χ2v) is 5.21. The van der Waals surface area contributed by atoms with Crippen LogP contribution in [0.15, 0.2) is 28.8 Å². The molecule has 0 radical (unpaired) electrons. The van der Waals surface area contributed by atoms with Crippen LogP contribution in [-0.4, -0.2) is 21.0 Å². The van der Waals surface area contributed by atoms with Crippen molar-refractivity contribution in [2.75, 3.05) is 0 Å². The molecule has 0 spiro atoms. The zero-order valence-electron chi connectivity index (χ0n) is 12.7. The lowest BCUT2D eigenvalue weighted by molar-refractivity contribution is 0.0950. The van der Waals surface area contributed by atoms with Gasteiger partial charge in [-0.15, -0.1) is 0 Å². The molecule has 1 aromatic carbocycles. The van der Waals surface area contributed by atoms with Gasteiger partial charge in [-0.1, -0.05) is 5.16 Å². The maximum Gasteiger partial charge on any atom is 0.251 e. The van der Waals surface area contributed by atoms with E-state index in [2.05, 4.69) is 20.4 Å². The number of carbonyl (C=O) groups is 1. The number of rotatable bonds is 3. The second kappa shape index (κ2) is 5.55. The van der Waals surface area contributed by atoms with E-state index in [1.807, 2.05) is 26.8 Å². The van der Waals surface area contributed by atoms with E-state index in [0.29, 0.717) is 23.3 Å². The van der Waals surface area contributed by atoms with Gasteiger partial charge in [0.05, 0.1) is 29.0 Å². The van der Waals surface area contributed by atoms with Crippen molar-refractivity contribution in [3.63, 3.8) is 0 Å². The summed E-state index contributed by atoms with van der Waals surface area (Å²) in [6.45, 7) is 5.96. The fraction of sp³-hybridized carbons (Fsp3) is 0.250. The minimum Gasteiger partial charge on any atom is -0.361 e. The number of benzene rings is 1. The van der Waals surface area contributed by atoms with Crippen LogP contribution in [0.4, 0.5) is 0 Å². The number of nitrogens with zero attached hydrogens (tertiary/aromatic N) is 3. The van der Waals surface area contributed by atoms with Crippen LogP contribution in [0.1, 0.15) is 33.2 Å². The fourth-order valence-corrected chi connectivity index (χ4v) is 2.15. The molecule has 0 aliphatic heterocycles. The Morgan fingerprint density at radius 1 is 1.09 bits per heavy atom. The number of hydrogen-bond acceptors (Lipinski definition) is 5. The van der Waals surface area contributed by atoms with Gasteiger partial charge in [-0.2, -0.15) is 0 Å². The molecule has 0 saturated heterocycles. The molecule has 0 atom stereocenters. The van der Waals surface area contributed by atoms with Crippen molar-refractivity contribution in [3.8, 4) is 0 Å². The third kappa shape index (κ3) is 2.81. The lowest BCUT2D eigenvalue weighted by Gasteiger charge is -2.06. The fourth-order valence-electron chi connectivity index (χ4n) is 2.15. The number of carbonyl (C=O) groups excluding carboxylic acids is 1. The summed E-state index contributed by atoms with van der Waals surface area (Å²) in [4.78, 5) is 21.1. The first kappa shape index (κ1) is 14.2. The van der Waals surface area contributed by atoms with Gasteiger partial charge in [-0.3, -0.25) is 4.79 Å². The average Bonchev–Trinajstić information content (AvgIpc) is 2.91. The molecule has 112 valence electrons.